The third kappa shape index (κ3) is 5.14. The molecule has 10 nitrogen and oxygen atoms in total. The molecule has 0 bridgehead atoms. The summed E-state index contributed by atoms with van der Waals surface area (Å²) in [5.74, 6) is 1.92. The minimum Gasteiger partial charge on any atom is -0.507 e. The van der Waals surface area contributed by atoms with E-state index in [1.807, 2.05) is 0 Å². The summed E-state index contributed by atoms with van der Waals surface area (Å²) in [6, 6.07) is 19.3. The van der Waals surface area contributed by atoms with Gasteiger partial charge in [-0.3, -0.25) is 9.59 Å². The number of hydrogen-bond acceptors (Lipinski definition) is 10. The van der Waals surface area contributed by atoms with Gasteiger partial charge in [0.1, 0.15) is 62.9 Å². The molecule has 0 saturated heterocycles. The van der Waals surface area contributed by atoms with Gasteiger partial charge in [-0.25, -0.2) is 0 Å². The summed E-state index contributed by atoms with van der Waals surface area (Å²) in [6.45, 7) is 0. The molecule has 6 rings (SSSR count). The quantitative estimate of drug-likeness (QED) is 0.222. The number of phenolic OH excluding ortho intramolecular Hbond substituents is 2. The van der Waals surface area contributed by atoms with Gasteiger partial charge in [-0.1, -0.05) is 6.07 Å². The summed E-state index contributed by atoms with van der Waals surface area (Å²) < 4.78 is 34.0. The Morgan fingerprint density at radius 2 is 1.47 bits per heavy atom. The first-order valence-electron chi connectivity index (χ1n) is 13.2. The Kier molecular flexibility index (Phi) is 7.03. The maximum atomic E-state index is 12.9. The lowest BCUT2D eigenvalue weighted by Crippen LogP contribution is -2.20. The SMILES string of the molecule is COc1cc(O)c2c(c1)OC(c1ccc(OC)c(Oc3ccc(-c4cc(=O)c5c(O)cc(OC)cc5o4)cc3)c1)CC2=O. The molecule has 1 aromatic heterocycles. The molecule has 1 unspecified atom stereocenters. The molecule has 0 amide bonds. The number of Topliss-reactive ketones (excluding diaryl/α,β-unsaturated/α-hetero) is 1. The molecule has 43 heavy (non-hydrogen) atoms. The van der Waals surface area contributed by atoms with Crippen molar-refractivity contribution in [2.45, 2.75) is 12.5 Å². The predicted molar refractivity (Wildman–Crippen MR) is 156 cm³/mol. The zero-order valence-electron chi connectivity index (χ0n) is 23.4. The van der Waals surface area contributed by atoms with Crippen molar-refractivity contribution < 1.29 is 43.1 Å². The number of carbonyl (C=O) groups excluding carboxylic acids is 1. The Labute approximate surface area is 245 Å². The van der Waals surface area contributed by atoms with Crippen LogP contribution >= 0.6 is 0 Å². The van der Waals surface area contributed by atoms with Crippen LogP contribution in [-0.2, 0) is 0 Å². The molecule has 0 spiro atoms. The fourth-order valence-corrected chi connectivity index (χ4v) is 5.01. The zero-order valence-corrected chi connectivity index (χ0v) is 23.4. The molecular weight excluding hydrogens is 556 g/mol. The molecule has 2 N–H and O–H groups in total. The van der Waals surface area contributed by atoms with Gasteiger partial charge in [0.15, 0.2) is 22.7 Å². The van der Waals surface area contributed by atoms with E-state index < -0.39 is 11.5 Å². The number of carbonyl (C=O) groups is 1. The third-order valence-electron chi connectivity index (χ3n) is 7.15. The normalized spacial score (nSPS) is 14.1. The van der Waals surface area contributed by atoms with Crippen LogP contribution in [0.15, 0.2) is 82.0 Å². The smallest absolute Gasteiger partial charge is 0.197 e. The van der Waals surface area contributed by atoms with Crippen LogP contribution in [0, 0.1) is 0 Å². The predicted octanol–water partition coefficient (Wildman–Crippen LogP) is 6.40. The second kappa shape index (κ2) is 11.0. The number of hydrogen-bond donors (Lipinski definition) is 2. The van der Waals surface area contributed by atoms with E-state index in [-0.39, 0.29) is 46.0 Å². The second-order valence-electron chi connectivity index (χ2n) is 9.78. The van der Waals surface area contributed by atoms with Gasteiger partial charge in [0.2, 0.25) is 0 Å². The summed E-state index contributed by atoms with van der Waals surface area (Å²) in [4.78, 5) is 25.6. The maximum Gasteiger partial charge on any atom is 0.197 e. The highest BCUT2D eigenvalue weighted by Crippen LogP contribution is 2.43. The monoisotopic (exact) mass is 582 g/mol. The molecule has 1 aliphatic heterocycles. The standard InChI is InChI=1S/C33H26O10/c1-38-20-11-22(34)32-24(36)15-27(42-30(32)13-20)17-4-7-19(8-5-17)41-29-10-18(6-9-26(29)40-3)28-16-25(37)33-23(35)12-21(39-2)14-31(33)43-28/h4-15,28,34-35H,16H2,1-3H3. The van der Waals surface area contributed by atoms with E-state index >= 15 is 0 Å². The van der Waals surface area contributed by atoms with Crippen LogP contribution < -0.4 is 29.1 Å². The van der Waals surface area contributed by atoms with E-state index in [9.17, 15) is 19.8 Å². The van der Waals surface area contributed by atoms with Crippen molar-refractivity contribution in [3.8, 4) is 57.3 Å². The summed E-state index contributed by atoms with van der Waals surface area (Å²) in [7, 11) is 4.44. The van der Waals surface area contributed by atoms with E-state index in [1.165, 1.54) is 45.6 Å². The van der Waals surface area contributed by atoms with Crippen molar-refractivity contribution in [2.24, 2.45) is 0 Å². The van der Waals surface area contributed by atoms with E-state index in [4.69, 9.17) is 28.1 Å². The van der Waals surface area contributed by atoms with Crippen LogP contribution in [-0.4, -0.2) is 37.3 Å². The zero-order chi connectivity index (χ0) is 30.2. The van der Waals surface area contributed by atoms with Crippen molar-refractivity contribution in [2.75, 3.05) is 21.3 Å². The van der Waals surface area contributed by atoms with Crippen LogP contribution in [0.3, 0.4) is 0 Å². The Bertz CT molecular complexity index is 1920. The van der Waals surface area contributed by atoms with E-state index in [0.29, 0.717) is 45.6 Å². The molecule has 1 aliphatic rings. The Balaban J connectivity index is 1.27. The van der Waals surface area contributed by atoms with Gasteiger partial charge < -0.3 is 38.3 Å². The number of ether oxygens (including phenoxy) is 5. The fraction of sp³-hybridized carbons (Fsp3) is 0.152. The average molecular weight is 583 g/mol. The van der Waals surface area contributed by atoms with Crippen molar-refractivity contribution in [1.29, 1.82) is 0 Å². The number of phenols is 2. The molecule has 2 heterocycles. The van der Waals surface area contributed by atoms with Crippen LogP contribution in [0.2, 0.25) is 0 Å². The van der Waals surface area contributed by atoms with Crippen molar-refractivity contribution in [3.63, 3.8) is 0 Å². The van der Waals surface area contributed by atoms with Crippen molar-refractivity contribution >= 4 is 16.8 Å². The van der Waals surface area contributed by atoms with E-state index in [2.05, 4.69) is 0 Å². The number of aromatic hydroxyl groups is 2. The van der Waals surface area contributed by atoms with Crippen LogP contribution in [0.4, 0.5) is 0 Å². The molecule has 218 valence electrons. The van der Waals surface area contributed by atoms with Gasteiger partial charge in [-0.2, -0.15) is 0 Å². The highest BCUT2D eigenvalue weighted by Gasteiger charge is 2.31. The first-order valence-corrected chi connectivity index (χ1v) is 13.2. The molecule has 0 aliphatic carbocycles. The molecular formula is C33H26O10. The highest BCUT2D eigenvalue weighted by molar-refractivity contribution is 6.02. The maximum absolute atomic E-state index is 12.9. The van der Waals surface area contributed by atoms with Crippen LogP contribution in [0.5, 0.6) is 46.0 Å². The first kappa shape index (κ1) is 27.5. The van der Waals surface area contributed by atoms with Crippen molar-refractivity contribution in [3.05, 3.63) is 94.1 Å². The second-order valence-corrected chi connectivity index (χ2v) is 9.78. The summed E-state index contributed by atoms with van der Waals surface area (Å²) in [5, 5.41) is 20.6. The number of fused-ring (bicyclic) bond motifs is 2. The molecule has 0 radical (unpaired) electrons. The van der Waals surface area contributed by atoms with Gasteiger partial charge in [-0.15, -0.1) is 0 Å². The first-order chi connectivity index (χ1) is 20.8. The van der Waals surface area contributed by atoms with Gasteiger partial charge in [0.25, 0.3) is 0 Å². The Morgan fingerprint density at radius 1 is 0.744 bits per heavy atom. The van der Waals surface area contributed by atoms with Gasteiger partial charge >= 0.3 is 0 Å². The molecule has 4 aromatic carbocycles. The molecule has 1 atom stereocenters. The lowest BCUT2D eigenvalue weighted by Gasteiger charge is -2.27. The average Bonchev–Trinajstić information content (AvgIpc) is 3.00. The van der Waals surface area contributed by atoms with Crippen molar-refractivity contribution in [1.82, 2.24) is 0 Å². The van der Waals surface area contributed by atoms with Gasteiger partial charge in [-0.05, 0) is 42.0 Å². The summed E-state index contributed by atoms with van der Waals surface area (Å²) in [5.41, 5.74) is 1.21. The van der Waals surface area contributed by atoms with Gasteiger partial charge in [0.05, 0.1) is 27.8 Å². The van der Waals surface area contributed by atoms with E-state index in [0.717, 1.165) is 0 Å². The Hall–Kier alpha value is -5.64. The molecule has 0 saturated carbocycles. The number of ketones is 1. The molecule has 5 aromatic rings. The largest absolute Gasteiger partial charge is 0.507 e. The summed E-state index contributed by atoms with van der Waals surface area (Å²) in [6.07, 6.45) is -0.607. The lowest BCUT2D eigenvalue weighted by molar-refractivity contribution is 0.0844. The minimum atomic E-state index is -0.629. The van der Waals surface area contributed by atoms with Crippen LogP contribution in [0.1, 0.15) is 28.4 Å². The Morgan fingerprint density at radius 3 is 2.19 bits per heavy atom. The third-order valence-corrected chi connectivity index (χ3v) is 7.15. The number of rotatable bonds is 7. The fourth-order valence-electron chi connectivity index (χ4n) is 5.01. The molecule has 0 fully saturated rings. The lowest BCUT2D eigenvalue weighted by atomic mass is 9.95. The highest BCUT2D eigenvalue weighted by atomic mass is 16.5. The molecule has 10 heteroatoms. The number of benzene rings is 4. The number of methoxy groups -OCH3 is 3. The topological polar surface area (TPSA) is 134 Å². The van der Waals surface area contributed by atoms with Crippen LogP contribution in [0.25, 0.3) is 22.3 Å². The van der Waals surface area contributed by atoms with Gasteiger partial charge in [0, 0.05) is 35.9 Å². The van der Waals surface area contributed by atoms with E-state index in [1.54, 1.807) is 48.5 Å². The summed E-state index contributed by atoms with van der Waals surface area (Å²) >= 11 is 0. The minimum absolute atomic E-state index is 0.0218.